The molecule has 1 heterocycles. The number of nitro benzene ring substituents is 1. The highest BCUT2D eigenvalue weighted by molar-refractivity contribution is 9.10. The Morgan fingerprint density at radius 2 is 2.17 bits per heavy atom. The van der Waals surface area contributed by atoms with Gasteiger partial charge in [-0.3, -0.25) is 10.1 Å². The number of nitrogens with zero attached hydrogens (tertiary/aromatic N) is 1. The van der Waals surface area contributed by atoms with Gasteiger partial charge in [-0.25, -0.2) is 0 Å². The van der Waals surface area contributed by atoms with Crippen LogP contribution >= 0.6 is 27.5 Å². The van der Waals surface area contributed by atoms with Gasteiger partial charge in [-0.2, -0.15) is 0 Å². The number of furan rings is 1. The minimum Gasteiger partial charge on any atom is -0.452 e. The third kappa shape index (κ3) is 3.02. The first-order chi connectivity index (χ1) is 8.56. The Kier molecular flexibility index (Phi) is 3.88. The summed E-state index contributed by atoms with van der Waals surface area (Å²) in [6.45, 7) is 0.340. The van der Waals surface area contributed by atoms with Crippen molar-refractivity contribution in [1.29, 1.82) is 0 Å². The fourth-order valence-corrected chi connectivity index (χ4v) is 1.95. The van der Waals surface area contributed by atoms with Gasteiger partial charge in [0.15, 0.2) is 4.67 Å². The van der Waals surface area contributed by atoms with Crippen LogP contribution in [0, 0.1) is 10.1 Å². The molecule has 0 fully saturated rings. The first-order valence-electron chi connectivity index (χ1n) is 4.98. The minimum absolute atomic E-state index is 0.0231. The van der Waals surface area contributed by atoms with E-state index in [1.54, 1.807) is 12.1 Å². The van der Waals surface area contributed by atoms with Gasteiger partial charge in [0, 0.05) is 11.1 Å². The molecule has 0 aliphatic rings. The van der Waals surface area contributed by atoms with Gasteiger partial charge in [0.1, 0.15) is 11.4 Å². The molecule has 0 unspecified atom stereocenters. The molecule has 5 nitrogen and oxygen atoms in total. The molecule has 0 radical (unpaired) electrons. The van der Waals surface area contributed by atoms with Crippen molar-refractivity contribution in [3.05, 3.63) is 55.9 Å². The zero-order valence-corrected chi connectivity index (χ0v) is 11.4. The number of hydrogen-bond donors (Lipinski definition) is 1. The van der Waals surface area contributed by atoms with Crippen LogP contribution in [0.5, 0.6) is 0 Å². The van der Waals surface area contributed by atoms with Crippen LogP contribution in [0.4, 0.5) is 11.4 Å². The summed E-state index contributed by atoms with van der Waals surface area (Å²) >= 11 is 9.00. The maximum Gasteiger partial charge on any atom is 0.292 e. The van der Waals surface area contributed by atoms with Crippen molar-refractivity contribution >= 4 is 38.9 Å². The molecule has 1 aromatic carbocycles. The quantitative estimate of drug-likeness (QED) is 0.673. The van der Waals surface area contributed by atoms with Crippen LogP contribution in [0.25, 0.3) is 0 Å². The van der Waals surface area contributed by atoms with Crippen molar-refractivity contribution in [2.45, 2.75) is 6.54 Å². The second-order valence-corrected chi connectivity index (χ2v) is 4.70. The number of nitrogens with one attached hydrogen (secondary N) is 1. The number of hydrogen-bond acceptors (Lipinski definition) is 4. The average Bonchev–Trinajstić information content (AvgIpc) is 2.72. The summed E-state index contributed by atoms with van der Waals surface area (Å²) in [5, 5.41) is 14.2. The molecule has 1 aromatic heterocycles. The molecule has 0 amide bonds. The predicted octanol–water partition coefficient (Wildman–Crippen LogP) is 4.22. The number of rotatable bonds is 4. The first-order valence-corrected chi connectivity index (χ1v) is 6.15. The maximum atomic E-state index is 10.8. The van der Waals surface area contributed by atoms with Gasteiger partial charge in [0.2, 0.25) is 0 Å². The second kappa shape index (κ2) is 5.41. The van der Waals surface area contributed by atoms with E-state index in [1.165, 1.54) is 18.2 Å². The lowest BCUT2D eigenvalue weighted by Gasteiger charge is -2.05. The second-order valence-electron chi connectivity index (χ2n) is 3.48. The van der Waals surface area contributed by atoms with Gasteiger partial charge in [0.25, 0.3) is 5.69 Å². The van der Waals surface area contributed by atoms with Gasteiger partial charge in [-0.15, -0.1) is 0 Å². The highest BCUT2D eigenvalue weighted by Gasteiger charge is 2.13. The number of halogens is 2. The van der Waals surface area contributed by atoms with Crippen LogP contribution in [-0.2, 0) is 6.54 Å². The van der Waals surface area contributed by atoms with Crippen molar-refractivity contribution in [2.24, 2.45) is 0 Å². The molecule has 18 heavy (non-hydrogen) atoms. The van der Waals surface area contributed by atoms with E-state index in [0.29, 0.717) is 27.7 Å². The Hall–Kier alpha value is -1.53. The van der Waals surface area contributed by atoms with Crippen molar-refractivity contribution in [3.8, 4) is 0 Å². The SMILES string of the molecule is O=[N+]([O-])c1ccc(Cl)cc1NCc1ccc(Br)o1. The molecule has 94 valence electrons. The average molecular weight is 332 g/mol. The molecule has 2 rings (SSSR count). The molecule has 7 heteroatoms. The van der Waals surface area contributed by atoms with E-state index in [4.69, 9.17) is 16.0 Å². The molecule has 0 bridgehead atoms. The summed E-state index contributed by atoms with van der Waals surface area (Å²) in [6.07, 6.45) is 0. The third-order valence-electron chi connectivity index (χ3n) is 2.24. The van der Waals surface area contributed by atoms with Crippen LogP contribution < -0.4 is 5.32 Å². The van der Waals surface area contributed by atoms with Crippen LogP contribution in [0.1, 0.15) is 5.76 Å². The summed E-state index contributed by atoms with van der Waals surface area (Å²) in [6, 6.07) is 7.88. The monoisotopic (exact) mass is 330 g/mol. The van der Waals surface area contributed by atoms with Gasteiger partial charge in [-0.05, 0) is 40.2 Å². The normalized spacial score (nSPS) is 10.3. The van der Waals surface area contributed by atoms with Gasteiger partial charge < -0.3 is 9.73 Å². The van der Waals surface area contributed by atoms with Crippen LogP contribution in [0.2, 0.25) is 5.02 Å². The van der Waals surface area contributed by atoms with Crippen LogP contribution in [0.3, 0.4) is 0 Å². The lowest BCUT2D eigenvalue weighted by atomic mass is 10.2. The summed E-state index contributed by atoms with van der Waals surface area (Å²) in [5.74, 6) is 0.663. The summed E-state index contributed by atoms with van der Waals surface area (Å²) < 4.78 is 5.90. The Bertz CT molecular complexity index is 585. The molecule has 0 saturated carbocycles. The van der Waals surface area contributed by atoms with Crippen molar-refractivity contribution < 1.29 is 9.34 Å². The Balaban J connectivity index is 2.17. The zero-order valence-electron chi connectivity index (χ0n) is 9.02. The summed E-state index contributed by atoms with van der Waals surface area (Å²) in [4.78, 5) is 10.4. The Morgan fingerprint density at radius 1 is 1.39 bits per heavy atom. The molecule has 2 aromatic rings. The highest BCUT2D eigenvalue weighted by atomic mass is 79.9. The topological polar surface area (TPSA) is 68.3 Å². The molecule has 0 aliphatic heterocycles. The number of benzene rings is 1. The minimum atomic E-state index is -0.462. The van der Waals surface area contributed by atoms with Gasteiger partial charge >= 0.3 is 0 Å². The highest BCUT2D eigenvalue weighted by Crippen LogP contribution is 2.28. The van der Waals surface area contributed by atoms with E-state index in [1.807, 2.05) is 0 Å². The van der Waals surface area contributed by atoms with E-state index in [0.717, 1.165) is 0 Å². The predicted molar refractivity (Wildman–Crippen MR) is 71.8 cm³/mol. The van der Waals surface area contributed by atoms with E-state index < -0.39 is 4.92 Å². The third-order valence-corrected chi connectivity index (χ3v) is 2.90. The van der Waals surface area contributed by atoms with Crippen molar-refractivity contribution in [3.63, 3.8) is 0 Å². The Morgan fingerprint density at radius 3 is 2.78 bits per heavy atom. The zero-order chi connectivity index (χ0) is 13.1. The fourth-order valence-electron chi connectivity index (χ4n) is 1.44. The fraction of sp³-hybridized carbons (Fsp3) is 0.0909. The lowest BCUT2D eigenvalue weighted by molar-refractivity contribution is -0.384. The van der Waals surface area contributed by atoms with Crippen molar-refractivity contribution in [2.75, 3.05) is 5.32 Å². The van der Waals surface area contributed by atoms with E-state index in [-0.39, 0.29) is 5.69 Å². The van der Waals surface area contributed by atoms with Gasteiger partial charge in [-0.1, -0.05) is 11.6 Å². The van der Waals surface area contributed by atoms with Crippen LogP contribution in [0.15, 0.2) is 39.4 Å². The van der Waals surface area contributed by atoms with E-state index >= 15 is 0 Å². The molecular weight excluding hydrogens is 323 g/mol. The lowest BCUT2D eigenvalue weighted by Crippen LogP contribution is -2.01. The molecule has 1 N–H and O–H groups in total. The standard InChI is InChI=1S/C11H8BrClN2O3/c12-11-4-2-8(18-11)6-14-9-5-7(13)1-3-10(9)15(16)17/h1-5,14H,6H2. The molecule has 0 aliphatic carbocycles. The van der Waals surface area contributed by atoms with E-state index in [9.17, 15) is 10.1 Å². The van der Waals surface area contributed by atoms with E-state index in [2.05, 4.69) is 21.2 Å². The summed E-state index contributed by atoms with van der Waals surface area (Å²) in [7, 11) is 0. The smallest absolute Gasteiger partial charge is 0.292 e. The largest absolute Gasteiger partial charge is 0.452 e. The molecule has 0 saturated heterocycles. The molecule has 0 atom stereocenters. The summed E-state index contributed by atoms with van der Waals surface area (Å²) in [5.41, 5.74) is 0.338. The molecule has 0 spiro atoms. The maximum absolute atomic E-state index is 10.8. The van der Waals surface area contributed by atoms with Crippen molar-refractivity contribution in [1.82, 2.24) is 0 Å². The molecular formula is C11H8BrClN2O3. The number of anilines is 1. The number of nitro groups is 1. The Labute approximate surface area is 116 Å². The first kappa shape index (κ1) is 12.9. The van der Waals surface area contributed by atoms with Crippen LogP contribution in [-0.4, -0.2) is 4.92 Å². The van der Waals surface area contributed by atoms with Gasteiger partial charge in [0.05, 0.1) is 11.5 Å².